The lowest BCUT2D eigenvalue weighted by Gasteiger charge is -2.11. The van der Waals surface area contributed by atoms with Gasteiger partial charge in [-0.15, -0.1) is 0 Å². The lowest BCUT2D eigenvalue weighted by atomic mass is 9.93. The number of benzene rings is 4. The third-order valence-electron chi connectivity index (χ3n) is 4.19. The van der Waals surface area contributed by atoms with E-state index < -0.39 is 0 Å². The molecule has 0 saturated carbocycles. The van der Waals surface area contributed by atoms with Crippen molar-refractivity contribution in [2.45, 2.75) is 13.3 Å². The molecule has 20 heavy (non-hydrogen) atoms. The molecular weight excluding hydrogens is 240 g/mol. The Kier molecular flexibility index (Phi) is 2.50. The Morgan fingerprint density at radius 3 is 1.90 bits per heavy atom. The molecule has 0 unspecified atom stereocenters. The summed E-state index contributed by atoms with van der Waals surface area (Å²) in [5.74, 6) is 0. The first-order valence-corrected chi connectivity index (χ1v) is 7.20. The Morgan fingerprint density at radius 1 is 0.600 bits per heavy atom. The quantitative estimate of drug-likeness (QED) is 0.302. The number of rotatable bonds is 1. The van der Waals surface area contributed by atoms with Gasteiger partial charge in [0.15, 0.2) is 0 Å². The van der Waals surface area contributed by atoms with Gasteiger partial charge >= 0.3 is 0 Å². The Balaban J connectivity index is 2.28. The zero-order chi connectivity index (χ0) is 13.5. The van der Waals surface area contributed by atoms with E-state index in [0.29, 0.717) is 0 Å². The number of aryl methyl sites for hydroxylation is 1. The summed E-state index contributed by atoms with van der Waals surface area (Å²) in [6.45, 7) is 2.23. The van der Waals surface area contributed by atoms with E-state index in [-0.39, 0.29) is 0 Å². The summed E-state index contributed by atoms with van der Waals surface area (Å²) in [7, 11) is 0. The molecule has 4 aromatic carbocycles. The lowest BCUT2D eigenvalue weighted by molar-refractivity contribution is 1.16. The van der Waals surface area contributed by atoms with E-state index in [1.54, 1.807) is 0 Å². The second-order valence-corrected chi connectivity index (χ2v) is 5.36. The number of fused-ring (bicyclic) bond motifs is 4. The molecule has 0 N–H and O–H groups in total. The highest BCUT2D eigenvalue weighted by Gasteiger charge is 2.06. The molecule has 0 nitrogen and oxygen atoms in total. The Bertz CT molecular complexity index is 932. The van der Waals surface area contributed by atoms with Crippen molar-refractivity contribution in [2.24, 2.45) is 0 Å². The van der Waals surface area contributed by atoms with Crippen LogP contribution in [0, 0.1) is 0 Å². The van der Waals surface area contributed by atoms with Crippen LogP contribution >= 0.6 is 0 Å². The van der Waals surface area contributed by atoms with Crippen molar-refractivity contribution in [1.29, 1.82) is 0 Å². The lowest BCUT2D eigenvalue weighted by Crippen LogP contribution is -1.87. The normalized spacial score (nSPS) is 11.4. The van der Waals surface area contributed by atoms with E-state index in [4.69, 9.17) is 0 Å². The first-order valence-electron chi connectivity index (χ1n) is 7.20. The maximum atomic E-state index is 2.34. The first kappa shape index (κ1) is 11.5. The average Bonchev–Trinajstić information content (AvgIpc) is 2.52. The Morgan fingerprint density at radius 2 is 1.20 bits per heavy atom. The third kappa shape index (κ3) is 1.61. The second kappa shape index (κ2) is 4.35. The summed E-state index contributed by atoms with van der Waals surface area (Å²) in [5, 5.41) is 8.10. The Labute approximate surface area is 118 Å². The minimum atomic E-state index is 1.07. The molecule has 4 rings (SSSR count). The minimum Gasteiger partial charge on any atom is -0.0616 e. The fraction of sp³-hybridized carbons (Fsp3) is 0.100. The van der Waals surface area contributed by atoms with Crippen molar-refractivity contribution < 1.29 is 0 Å². The molecule has 4 aromatic rings. The highest BCUT2D eigenvalue weighted by atomic mass is 14.1. The highest BCUT2D eigenvalue weighted by Crippen LogP contribution is 2.32. The van der Waals surface area contributed by atoms with Crippen LogP contribution in [0.1, 0.15) is 12.5 Å². The fourth-order valence-corrected chi connectivity index (χ4v) is 3.15. The molecule has 0 atom stereocenters. The van der Waals surface area contributed by atoms with Gasteiger partial charge in [0, 0.05) is 0 Å². The topological polar surface area (TPSA) is 0 Å². The van der Waals surface area contributed by atoms with Gasteiger partial charge in [0.1, 0.15) is 0 Å². The van der Waals surface area contributed by atoms with Crippen LogP contribution in [0.15, 0.2) is 66.7 Å². The van der Waals surface area contributed by atoms with Crippen molar-refractivity contribution in [3.63, 3.8) is 0 Å². The van der Waals surface area contributed by atoms with Gasteiger partial charge in [-0.05, 0) is 56.4 Å². The van der Waals surface area contributed by atoms with E-state index in [9.17, 15) is 0 Å². The van der Waals surface area contributed by atoms with E-state index in [0.717, 1.165) is 6.42 Å². The first-order chi connectivity index (χ1) is 9.86. The van der Waals surface area contributed by atoms with Crippen LogP contribution in [0.3, 0.4) is 0 Å². The molecule has 0 spiro atoms. The molecule has 0 fully saturated rings. The molecule has 0 aliphatic heterocycles. The minimum absolute atomic E-state index is 1.07. The number of hydrogen-bond donors (Lipinski definition) is 0. The fourth-order valence-electron chi connectivity index (χ4n) is 3.15. The molecule has 0 aromatic heterocycles. The molecule has 0 aliphatic carbocycles. The zero-order valence-electron chi connectivity index (χ0n) is 11.6. The van der Waals surface area contributed by atoms with E-state index in [1.807, 2.05) is 0 Å². The number of hydrogen-bond acceptors (Lipinski definition) is 0. The summed E-state index contributed by atoms with van der Waals surface area (Å²) in [5.41, 5.74) is 1.43. The monoisotopic (exact) mass is 256 g/mol. The average molecular weight is 256 g/mol. The van der Waals surface area contributed by atoms with Gasteiger partial charge < -0.3 is 0 Å². The summed E-state index contributed by atoms with van der Waals surface area (Å²) in [6.07, 6.45) is 1.07. The standard InChI is InChI=1S/C20H16/c1-2-14-11-17-9-5-6-10-18(17)20-13-16-8-4-3-7-15(16)12-19(14)20/h3-13H,2H2,1H3. The predicted octanol–water partition coefficient (Wildman–Crippen LogP) is 5.71. The Hall–Kier alpha value is -2.34. The van der Waals surface area contributed by atoms with Crippen LogP contribution in [-0.4, -0.2) is 0 Å². The third-order valence-corrected chi connectivity index (χ3v) is 4.19. The van der Waals surface area contributed by atoms with Crippen molar-refractivity contribution in [3.05, 3.63) is 72.3 Å². The summed E-state index contributed by atoms with van der Waals surface area (Å²) in [4.78, 5) is 0. The predicted molar refractivity (Wildman–Crippen MR) is 88.3 cm³/mol. The van der Waals surface area contributed by atoms with Gasteiger partial charge in [0.05, 0.1) is 0 Å². The largest absolute Gasteiger partial charge is 0.0616 e. The molecule has 0 bridgehead atoms. The van der Waals surface area contributed by atoms with Gasteiger partial charge in [-0.3, -0.25) is 0 Å². The molecule has 0 heterocycles. The van der Waals surface area contributed by atoms with Gasteiger partial charge in [-0.25, -0.2) is 0 Å². The molecule has 0 heteroatoms. The van der Waals surface area contributed by atoms with Crippen molar-refractivity contribution in [3.8, 4) is 0 Å². The van der Waals surface area contributed by atoms with Crippen molar-refractivity contribution >= 4 is 32.3 Å². The van der Waals surface area contributed by atoms with Crippen molar-refractivity contribution in [1.82, 2.24) is 0 Å². The van der Waals surface area contributed by atoms with Gasteiger partial charge in [-0.1, -0.05) is 61.5 Å². The van der Waals surface area contributed by atoms with E-state index in [1.165, 1.54) is 37.9 Å². The zero-order valence-corrected chi connectivity index (χ0v) is 11.6. The highest BCUT2D eigenvalue weighted by molar-refractivity contribution is 6.13. The molecule has 0 aliphatic rings. The van der Waals surface area contributed by atoms with E-state index in [2.05, 4.69) is 73.7 Å². The summed E-state index contributed by atoms with van der Waals surface area (Å²) >= 11 is 0. The van der Waals surface area contributed by atoms with Gasteiger partial charge in [0.2, 0.25) is 0 Å². The van der Waals surface area contributed by atoms with Gasteiger partial charge in [-0.2, -0.15) is 0 Å². The summed E-state index contributed by atoms with van der Waals surface area (Å²) < 4.78 is 0. The van der Waals surface area contributed by atoms with Crippen LogP contribution in [0.25, 0.3) is 32.3 Å². The van der Waals surface area contributed by atoms with Crippen molar-refractivity contribution in [2.75, 3.05) is 0 Å². The van der Waals surface area contributed by atoms with Crippen LogP contribution in [0.4, 0.5) is 0 Å². The van der Waals surface area contributed by atoms with Gasteiger partial charge in [0.25, 0.3) is 0 Å². The maximum Gasteiger partial charge on any atom is -0.00963 e. The second-order valence-electron chi connectivity index (χ2n) is 5.36. The molecule has 0 saturated heterocycles. The smallest absolute Gasteiger partial charge is 0.00963 e. The molecule has 0 radical (unpaired) electrons. The molecule has 0 amide bonds. The maximum absolute atomic E-state index is 2.34. The van der Waals surface area contributed by atoms with E-state index >= 15 is 0 Å². The molecule has 96 valence electrons. The van der Waals surface area contributed by atoms with Crippen LogP contribution < -0.4 is 0 Å². The van der Waals surface area contributed by atoms with Crippen LogP contribution in [0.2, 0.25) is 0 Å². The molecular formula is C20H16. The summed E-state index contributed by atoms with van der Waals surface area (Å²) in [6, 6.07) is 24.3. The van der Waals surface area contributed by atoms with Crippen LogP contribution in [0.5, 0.6) is 0 Å². The van der Waals surface area contributed by atoms with Crippen LogP contribution in [-0.2, 0) is 6.42 Å². The SMILES string of the molecule is CCc1cc2ccccc2c2cc3ccccc3cc12.